The topological polar surface area (TPSA) is 91.0 Å². The van der Waals surface area contributed by atoms with Gasteiger partial charge in [-0.25, -0.2) is 10.7 Å². The summed E-state index contributed by atoms with van der Waals surface area (Å²) in [5, 5.41) is 9.57. The van der Waals surface area contributed by atoms with Crippen LogP contribution in [0.1, 0.15) is 16.8 Å². The van der Waals surface area contributed by atoms with Crippen molar-refractivity contribution in [2.75, 3.05) is 20.3 Å². The first kappa shape index (κ1) is 13.3. The third kappa shape index (κ3) is 3.93. The summed E-state index contributed by atoms with van der Waals surface area (Å²) in [5.41, 5.74) is 0.102. The monoisotopic (exact) mass is 241 g/mol. The number of hydrogen-bond acceptors (Lipinski definition) is 6. The normalized spacial score (nSPS) is 10.0. The first-order valence-corrected chi connectivity index (χ1v) is 5.05. The molecule has 94 valence electrons. The minimum absolute atomic E-state index is 0.102. The van der Waals surface area contributed by atoms with Gasteiger partial charge in [-0.2, -0.15) is 0 Å². The Bertz CT molecular complexity index is 380. The lowest BCUT2D eigenvalue weighted by Crippen LogP contribution is -2.06. The third-order valence-corrected chi connectivity index (χ3v) is 2.05. The number of carbonyl (C=O) groups is 1. The van der Waals surface area contributed by atoms with Crippen LogP contribution in [-0.4, -0.2) is 31.4 Å². The van der Waals surface area contributed by atoms with E-state index in [1.165, 1.54) is 19.2 Å². The van der Waals surface area contributed by atoms with Crippen molar-refractivity contribution < 1.29 is 24.2 Å². The number of nitrogens with two attached hydrogens (primary N) is 1. The SMILES string of the molecule is COC(=O)c1ccc(OCCCON)cc1O. The number of rotatable bonds is 6. The van der Waals surface area contributed by atoms with Crippen LogP contribution in [0.25, 0.3) is 0 Å². The molecule has 0 spiro atoms. The van der Waals surface area contributed by atoms with E-state index in [0.29, 0.717) is 25.4 Å². The number of methoxy groups -OCH3 is 1. The third-order valence-electron chi connectivity index (χ3n) is 2.05. The van der Waals surface area contributed by atoms with E-state index in [1.807, 2.05) is 0 Å². The van der Waals surface area contributed by atoms with Gasteiger partial charge in [0, 0.05) is 12.5 Å². The highest BCUT2D eigenvalue weighted by atomic mass is 16.6. The molecule has 0 amide bonds. The molecule has 0 saturated carbocycles. The molecule has 1 aromatic carbocycles. The average molecular weight is 241 g/mol. The number of hydrogen-bond donors (Lipinski definition) is 2. The molecular formula is C11H15NO5. The molecule has 0 bridgehead atoms. The molecule has 1 aromatic rings. The lowest BCUT2D eigenvalue weighted by atomic mass is 10.2. The van der Waals surface area contributed by atoms with E-state index in [0.717, 1.165) is 0 Å². The van der Waals surface area contributed by atoms with Crippen molar-refractivity contribution >= 4 is 5.97 Å². The lowest BCUT2D eigenvalue weighted by Gasteiger charge is -2.08. The zero-order valence-electron chi connectivity index (χ0n) is 9.51. The maximum atomic E-state index is 11.2. The molecule has 1 rings (SSSR count). The molecule has 0 aromatic heterocycles. The highest BCUT2D eigenvalue weighted by molar-refractivity contribution is 5.92. The number of ether oxygens (including phenoxy) is 2. The van der Waals surface area contributed by atoms with Crippen LogP contribution in [0, 0.1) is 0 Å². The fraction of sp³-hybridized carbons (Fsp3) is 0.364. The second-order valence-corrected chi connectivity index (χ2v) is 3.24. The second kappa shape index (κ2) is 6.72. The highest BCUT2D eigenvalue weighted by Crippen LogP contribution is 2.24. The van der Waals surface area contributed by atoms with E-state index in [-0.39, 0.29) is 11.3 Å². The van der Waals surface area contributed by atoms with Gasteiger partial charge in [-0.3, -0.25) is 0 Å². The van der Waals surface area contributed by atoms with Crippen LogP contribution in [-0.2, 0) is 9.57 Å². The molecule has 6 heteroatoms. The first-order valence-electron chi connectivity index (χ1n) is 5.05. The van der Waals surface area contributed by atoms with E-state index in [2.05, 4.69) is 9.57 Å². The summed E-state index contributed by atoms with van der Waals surface area (Å²) in [6.45, 7) is 0.806. The largest absolute Gasteiger partial charge is 0.507 e. The fourth-order valence-corrected chi connectivity index (χ4v) is 1.22. The van der Waals surface area contributed by atoms with Crippen molar-refractivity contribution in [3.63, 3.8) is 0 Å². The molecule has 6 nitrogen and oxygen atoms in total. The molecule has 17 heavy (non-hydrogen) atoms. The van der Waals surface area contributed by atoms with E-state index in [9.17, 15) is 9.90 Å². The quantitative estimate of drug-likeness (QED) is 0.435. The van der Waals surface area contributed by atoms with Crippen LogP contribution in [0.5, 0.6) is 11.5 Å². The van der Waals surface area contributed by atoms with Gasteiger partial charge in [0.25, 0.3) is 0 Å². The van der Waals surface area contributed by atoms with Crippen LogP contribution < -0.4 is 10.6 Å². The minimum atomic E-state index is -0.592. The van der Waals surface area contributed by atoms with Crippen molar-refractivity contribution in [3.8, 4) is 11.5 Å². The van der Waals surface area contributed by atoms with Crippen LogP contribution in [0.15, 0.2) is 18.2 Å². The molecular weight excluding hydrogens is 226 g/mol. The molecule has 0 aliphatic heterocycles. The van der Waals surface area contributed by atoms with E-state index in [1.54, 1.807) is 6.07 Å². The van der Waals surface area contributed by atoms with Crippen molar-refractivity contribution in [1.82, 2.24) is 0 Å². The highest BCUT2D eigenvalue weighted by Gasteiger charge is 2.11. The lowest BCUT2D eigenvalue weighted by molar-refractivity contribution is 0.0597. The minimum Gasteiger partial charge on any atom is -0.507 e. The maximum absolute atomic E-state index is 11.2. The number of carbonyl (C=O) groups excluding carboxylic acids is 1. The van der Waals surface area contributed by atoms with Gasteiger partial charge in [0.05, 0.1) is 20.3 Å². The van der Waals surface area contributed by atoms with Gasteiger partial charge in [-0.15, -0.1) is 0 Å². The van der Waals surface area contributed by atoms with Gasteiger partial charge in [0.15, 0.2) is 0 Å². The molecule has 0 fully saturated rings. The molecule has 0 aliphatic carbocycles. The summed E-state index contributed by atoms with van der Waals surface area (Å²) < 4.78 is 9.81. The van der Waals surface area contributed by atoms with E-state index < -0.39 is 5.97 Å². The first-order chi connectivity index (χ1) is 8.19. The maximum Gasteiger partial charge on any atom is 0.341 e. The van der Waals surface area contributed by atoms with Gasteiger partial charge in [0.2, 0.25) is 0 Å². The van der Waals surface area contributed by atoms with Crippen LogP contribution in [0.2, 0.25) is 0 Å². The van der Waals surface area contributed by atoms with Crippen molar-refractivity contribution in [2.45, 2.75) is 6.42 Å². The van der Waals surface area contributed by atoms with Crippen molar-refractivity contribution in [3.05, 3.63) is 23.8 Å². The van der Waals surface area contributed by atoms with Crippen molar-refractivity contribution in [2.24, 2.45) is 5.90 Å². The predicted molar refractivity (Wildman–Crippen MR) is 59.7 cm³/mol. The number of esters is 1. The summed E-state index contributed by atoms with van der Waals surface area (Å²) in [6, 6.07) is 4.38. The molecule has 0 unspecified atom stereocenters. The molecule has 0 aliphatic rings. The predicted octanol–water partition coefficient (Wildman–Crippen LogP) is 0.838. The molecule has 3 N–H and O–H groups in total. The number of phenolic OH excluding ortho intramolecular Hbond substituents is 1. The molecule has 0 heterocycles. The standard InChI is InChI=1S/C11H15NO5/c1-15-11(14)9-4-3-8(7-10(9)13)16-5-2-6-17-12/h3-4,7,13H,2,5-6,12H2,1H3. The smallest absolute Gasteiger partial charge is 0.341 e. The number of aromatic hydroxyl groups is 1. The van der Waals surface area contributed by atoms with E-state index >= 15 is 0 Å². The van der Waals surface area contributed by atoms with E-state index in [4.69, 9.17) is 10.6 Å². The van der Waals surface area contributed by atoms with Gasteiger partial charge >= 0.3 is 5.97 Å². The van der Waals surface area contributed by atoms with Crippen LogP contribution in [0.4, 0.5) is 0 Å². The summed E-state index contributed by atoms with van der Waals surface area (Å²) in [5.74, 6) is 4.55. The number of phenols is 1. The molecule has 0 saturated heterocycles. The second-order valence-electron chi connectivity index (χ2n) is 3.24. The Hall–Kier alpha value is -1.79. The molecule has 0 atom stereocenters. The Morgan fingerprint density at radius 3 is 2.76 bits per heavy atom. The van der Waals surface area contributed by atoms with Crippen molar-refractivity contribution in [1.29, 1.82) is 0 Å². The zero-order valence-corrected chi connectivity index (χ0v) is 9.51. The summed E-state index contributed by atoms with van der Waals surface area (Å²) >= 11 is 0. The van der Waals surface area contributed by atoms with Gasteiger partial charge in [0.1, 0.15) is 17.1 Å². The average Bonchev–Trinajstić information content (AvgIpc) is 2.34. The summed E-state index contributed by atoms with van der Waals surface area (Å²) in [6.07, 6.45) is 0.635. The Kier molecular flexibility index (Phi) is 5.25. The number of benzene rings is 1. The van der Waals surface area contributed by atoms with Crippen LogP contribution >= 0.6 is 0 Å². The summed E-state index contributed by atoms with van der Waals surface area (Å²) in [4.78, 5) is 15.6. The Morgan fingerprint density at radius 1 is 1.41 bits per heavy atom. The van der Waals surface area contributed by atoms with Gasteiger partial charge < -0.3 is 19.4 Å². The fourth-order valence-electron chi connectivity index (χ4n) is 1.22. The Morgan fingerprint density at radius 2 is 2.18 bits per heavy atom. The van der Waals surface area contributed by atoms with Crippen LogP contribution in [0.3, 0.4) is 0 Å². The Balaban J connectivity index is 2.59. The molecule has 0 radical (unpaired) electrons. The van der Waals surface area contributed by atoms with Gasteiger partial charge in [-0.1, -0.05) is 0 Å². The zero-order chi connectivity index (χ0) is 12.7. The van der Waals surface area contributed by atoms with Gasteiger partial charge in [-0.05, 0) is 12.1 Å². The summed E-state index contributed by atoms with van der Waals surface area (Å²) in [7, 11) is 1.25. The Labute approximate surface area is 98.8 Å².